The molecule has 0 aromatic heterocycles. The van der Waals surface area contributed by atoms with Crippen LogP contribution in [0.1, 0.15) is 6.42 Å². The third-order valence-corrected chi connectivity index (χ3v) is 4.46. The van der Waals surface area contributed by atoms with Crippen molar-refractivity contribution in [1.82, 2.24) is 31.5 Å². The highest BCUT2D eigenvalue weighted by Crippen LogP contribution is 2.11. The Morgan fingerprint density at radius 1 is 0.773 bits per heavy atom. The van der Waals surface area contributed by atoms with Gasteiger partial charge in [-0.1, -0.05) is 0 Å². The van der Waals surface area contributed by atoms with Gasteiger partial charge in [0, 0.05) is 84.1 Å². The summed E-state index contributed by atoms with van der Waals surface area (Å²) in [6.45, 7) is 12.4. The first kappa shape index (κ1) is 18.1. The van der Waals surface area contributed by atoms with Gasteiger partial charge in [-0.25, -0.2) is 0 Å². The van der Waals surface area contributed by atoms with E-state index in [0.29, 0.717) is 6.61 Å². The first-order valence-corrected chi connectivity index (χ1v) is 8.80. The van der Waals surface area contributed by atoms with Crippen molar-refractivity contribution < 1.29 is 5.11 Å². The van der Waals surface area contributed by atoms with E-state index in [0.717, 1.165) is 71.0 Å². The molecule has 4 saturated heterocycles. The van der Waals surface area contributed by atoms with Gasteiger partial charge in [0.25, 0.3) is 0 Å². The average molecular weight is 314 g/mol. The van der Waals surface area contributed by atoms with Crippen LogP contribution in [0.2, 0.25) is 0 Å². The molecule has 2 bridgehead atoms. The highest BCUT2D eigenvalue weighted by molar-refractivity contribution is 4.94. The van der Waals surface area contributed by atoms with Crippen LogP contribution in [-0.2, 0) is 0 Å². The Labute approximate surface area is 134 Å². The Kier molecular flexibility index (Phi) is 9.27. The number of hydrogen-bond donors (Lipinski definition) is 6. The quantitative estimate of drug-likeness (QED) is 0.333. The highest BCUT2D eigenvalue weighted by Gasteiger charge is 2.29. The monoisotopic (exact) mass is 314 g/mol. The molecule has 0 aromatic rings. The number of hydrogen-bond acceptors (Lipinski definition) is 7. The largest absolute Gasteiger partial charge is 0.395 e. The minimum Gasteiger partial charge on any atom is -0.395 e. The van der Waals surface area contributed by atoms with Crippen LogP contribution in [0, 0.1) is 0 Å². The zero-order valence-electron chi connectivity index (χ0n) is 13.7. The maximum absolute atomic E-state index is 8.56. The Balaban J connectivity index is 0.000000123. The third-order valence-electron chi connectivity index (χ3n) is 4.46. The van der Waals surface area contributed by atoms with Gasteiger partial charge in [0.05, 0.1) is 6.61 Å². The number of β-amino-alcohol motifs (C(OH)–C–C–N with tert-alkyl or cyclic N) is 1. The van der Waals surface area contributed by atoms with E-state index < -0.39 is 0 Å². The van der Waals surface area contributed by atoms with E-state index in [-0.39, 0.29) is 0 Å². The van der Waals surface area contributed by atoms with Crippen molar-refractivity contribution in [1.29, 1.82) is 0 Å². The van der Waals surface area contributed by atoms with Crippen molar-refractivity contribution in [3.05, 3.63) is 0 Å². The van der Waals surface area contributed by atoms with Crippen LogP contribution < -0.4 is 26.6 Å². The topological polar surface area (TPSA) is 83.6 Å². The molecule has 7 heteroatoms. The highest BCUT2D eigenvalue weighted by atomic mass is 16.3. The van der Waals surface area contributed by atoms with Crippen LogP contribution in [-0.4, -0.2) is 101 Å². The summed E-state index contributed by atoms with van der Waals surface area (Å²) in [7, 11) is 0. The van der Waals surface area contributed by atoms with E-state index in [1.807, 2.05) is 0 Å². The lowest BCUT2D eigenvalue weighted by molar-refractivity contribution is 0.180. The van der Waals surface area contributed by atoms with Crippen molar-refractivity contribution in [2.24, 2.45) is 0 Å². The van der Waals surface area contributed by atoms with Crippen LogP contribution >= 0.6 is 0 Å². The molecule has 0 aromatic carbocycles. The van der Waals surface area contributed by atoms with Crippen molar-refractivity contribution >= 4 is 0 Å². The fourth-order valence-corrected chi connectivity index (χ4v) is 3.12. The predicted molar refractivity (Wildman–Crippen MR) is 90.3 cm³/mol. The standard InChI is InChI=1S/C6H14N2O.C5H10N2.C4H10N2/c9-6-5-8-3-1-7-2-4-8;1-4-2-6-5(1)3-7-4;1-2-6-4-3-5-1/h7,9H,1-6H2;4-7H,1-3H2;5-6H,1-4H2. The van der Waals surface area contributed by atoms with Gasteiger partial charge >= 0.3 is 0 Å². The molecule has 4 fully saturated rings. The third kappa shape index (κ3) is 7.32. The normalized spacial score (nSPS) is 31.0. The summed E-state index contributed by atoms with van der Waals surface area (Å²) >= 11 is 0. The molecule has 6 N–H and O–H groups in total. The maximum Gasteiger partial charge on any atom is 0.0558 e. The van der Waals surface area contributed by atoms with E-state index in [1.165, 1.54) is 19.5 Å². The van der Waals surface area contributed by atoms with Crippen LogP contribution in [0.25, 0.3) is 0 Å². The zero-order valence-corrected chi connectivity index (χ0v) is 13.7. The van der Waals surface area contributed by atoms with Crippen LogP contribution in [0.4, 0.5) is 0 Å². The molecule has 4 aliphatic heterocycles. The van der Waals surface area contributed by atoms with Gasteiger partial charge in [-0.3, -0.25) is 4.90 Å². The summed E-state index contributed by atoms with van der Waals surface area (Å²) in [5, 5.41) is 25.0. The number of rotatable bonds is 2. The molecule has 2 atom stereocenters. The lowest BCUT2D eigenvalue weighted by Gasteiger charge is -2.25. The first-order chi connectivity index (χ1) is 10.9. The molecule has 0 saturated carbocycles. The minimum absolute atomic E-state index is 0.292. The van der Waals surface area contributed by atoms with E-state index in [2.05, 4.69) is 31.5 Å². The molecule has 4 aliphatic rings. The van der Waals surface area contributed by atoms with Crippen LogP contribution in [0.5, 0.6) is 0 Å². The number of piperazine rings is 3. The maximum atomic E-state index is 8.56. The van der Waals surface area contributed by atoms with Gasteiger partial charge in [0.1, 0.15) is 0 Å². The SMILES string of the molecule is C1CNCCN1.C1NC2CNC1C2.OCCN1CCNCC1. The fraction of sp³-hybridized carbons (Fsp3) is 1.00. The number of aliphatic hydroxyl groups is 1. The number of nitrogens with zero attached hydrogens (tertiary/aromatic N) is 1. The van der Waals surface area contributed by atoms with Crippen LogP contribution in [0.3, 0.4) is 0 Å². The molecule has 0 amide bonds. The summed E-state index contributed by atoms with van der Waals surface area (Å²) in [6, 6.07) is 1.62. The number of nitrogens with one attached hydrogen (secondary N) is 5. The molecule has 2 unspecified atom stereocenters. The predicted octanol–water partition coefficient (Wildman–Crippen LogP) is -2.62. The Morgan fingerprint density at radius 3 is 1.59 bits per heavy atom. The van der Waals surface area contributed by atoms with Crippen molar-refractivity contribution in [3.8, 4) is 0 Å². The van der Waals surface area contributed by atoms with Gasteiger partial charge in [0.2, 0.25) is 0 Å². The molecule has 0 spiro atoms. The van der Waals surface area contributed by atoms with Crippen molar-refractivity contribution in [2.45, 2.75) is 18.5 Å². The Hall–Kier alpha value is -0.280. The summed E-state index contributed by atoms with van der Waals surface area (Å²) in [5.74, 6) is 0. The summed E-state index contributed by atoms with van der Waals surface area (Å²) in [6.07, 6.45) is 1.36. The second-order valence-corrected chi connectivity index (χ2v) is 6.26. The minimum atomic E-state index is 0.292. The molecule has 4 heterocycles. The van der Waals surface area contributed by atoms with Gasteiger partial charge in [-0.05, 0) is 6.42 Å². The van der Waals surface area contributed by atoms with Crippen molar-refractivity contribution in [2.75, 3.05) is 78.6 Å². The Morgan fingerprint density at radius 2 is 1.27 bits per heavy atom. The second kappa shape index (κ2) is 11.3. The molecule has 4 rings (SSSR count). The van der Waals surface area contributed by atoms with E-state index in [4.69, 9.17) is 5.11 Å². The van der Waals surface area contributed by atoms with Crippen LogP contribution in [0.15, 0.2) is 0 Å². The summed E-state index contributed by atoms with van der Waals surface area (Å²) in [4.78, 5) is 2.26. The Bertz CT molecular complexity index is 238. The smallest absolute Gasteiger partial charge is 0.0558 e. The molecular formula is C15H34N6O. The molecule has 7 nitrogen and oxygen atoms in total. The summed E-state index contributed by atoms with van der Waals surface area (Å²) in [5.41, 5.74) is 0. The van der Waals surface area contributed by atoms with Gasteiger partial charge in [0.15, 0.2) is 0 Å². The molecule has 130 valence electrons. The lowest BCUT2D eigenvalue weighted by atomic mass is 10.3. The van der Waals surface area contributed by atoms with Gasteiger partial charge in [-0.2, -0.15) is 0 Å². The lowest BCUT2D eigenvalue weighted by Crippen LogP contribution is -2.44. The zero-order chi connectivity index (χ0) is 15.5. The second-order valence-electron chi connectivity index (χ2n) is 6.26. The number of fused-ring (bicyclic) bond motifs is 2. The summed E-state index contributed by atoms with van der Waals surface area (Å²) < 4.78 is 0. The van der Waals surface area contributed by atoms with E-state index in [1.54, 1.807) is 0 Å². The molecular weight excluding hydrogens is 280 g/mol. The first-order valence-electron chi connectivity index (χ1n) is 8.80. The number of aliphatic hydroxyl groups excluding tert-OH is 1. The molecule has 0 radical (unpaired) electrons. The molecule has 0 aliphatic carbocycles. The fourth-order valence-electron chi connectivity index (χ4n) is 3.12. The molecule has 22 heavy (non-hydrogen) atoms. The van der Waals surface area contributed by atoms with E-state index in [9.17, 15) is 0 Å². The van der Waals surface area contributed by atoms with Gasteiger partial charge in [-0.15, -0.1) is 0 Å². The average Bonchev–Trinajstić information content (AvgIpc) is 3.25. The van der Waals surface area contributed by atoms with Crippen molar-refractivity contribution in [3.63, 3.8) is 0 Å². The van der Waals surface area contributed by atoms with Gasteiger partial charge < -0.3 is 31.7 Å². The van der Waals surface area contributed by atoms with E-state index >= 15 is 0 Å².